The first kappa shape index (κ1) is 22.3. The quantitative estimate of drug-likeness (QED) is 0.382. The fraction of sp³-hybridized carbons (Fsp3) is 0.250. The number of H-pyrrole nitrogens is 1. The summed E-state index contributed by atoms with van der Waals surface area (Å²) in [6.45, 7) is 5.87. The van der Waals surface area contributed by atoms with E-state index in [1.165, 1.54) is 0 Å². The van der Waals surface area contributed by atoms with Crippen LogP contribution in [0.5, 0.6) is 0 Å². The van der Waals surface area contributed by atoms with Crippen LogP contribution < -0.4 is 4.90 Å². The number of nitrogens with one attached hydrogen (secondary N) is 1. The molecule has 0 aromatic carbocycles. The second-order valence-electron chi connectivity index (χ2n) is 9.48. The maximum atomic E-state index is 13.1. The Hall–Kier alpha value is -4.17. The number of Topliss-reactive ketones (excluding diaryl/α,β-unsaturated/α-hetero) is 1. The van der Waals surface area contributed by atoms with Gasteiger partial charge in [0.1, 0.15) is 11.5 Å². The number of hydrogen-bond acceptors (Lipinski definition) is 7. The van der Waals surface area contributed by atoms with Crippen LogP contribution in [0.4, 0.5) is 5.82 Å². The zero-order valence-electron chi connectivity index (χ0n) is 20.4. The smallest absolute Gasteiger partial charge is 0.169 e. The van der Waals surface area contributed by atoms with Gasteiger partial charge in [-0.1, -0.05) is 0 Å². The standard InChI is InChI=1S/C28H27N7O/c1-18-14-32-28-24(18)11-22(16-33-28)21-9-20-10-23(30-17-25(20)31-15-21)13-26(36)19-3-4-29-27(12-19)35-7-5-34(2)6-8-35/h3-4,9-12,14-17H,5-8,13H2,1-2H3,(H,32,33). The predicted molar refractivity (Wildman–Crippen MR) is 141 cm³/mol. The average molecular weight is 478 g/mol. The van der Waals surface area contributed by atoms with Gasteiger partial charge in [0, 0.05) is 84.1 Å². The second kappa shape index (κ2) is 9.13. The largest absolute Gasteiger partial charge is 0.354 e. The SMILES string of the molecule is Cc1c[nH]c2ncc(-c3cnc4cnc(CC(=O)c5ccnc(N6CCN(C)CC6)c5)cc4c3)cc12. The van der Waals surface area contributed by atoms with E-state index < -0.39 is 0 Å². The molecule has 0 bridgehead atoms. The minimum absolute atomic E-state index is 0.0290. The van der Waals surface area contributed by atoms with E-state index >= 15 is 0 Å². The molecule has 0 radical (unpaired) electrons. The summed E-state index contributed by atoms with van der Waals surface area (Å²) in [5.74, 6) is 0.888. The molecule has 6 rings (SSSR count). The number of aryl methyl sites for hydroxylation is 1. The summed E-state index contributed by atoms with van der Waals surface area (Å²) < 4.78 is 0. The third-order valence-corrected chi connectivity index (χ3v) is 6.93. The molecule has 0 saturated carbocycles. The van der Waals surface area contributed by atoms with Crippen molar-refractivity contribution in [2.45, 2.75) is 13.3 Å². The van der Waals surface area contributed by atoms with Crippen LogP contribution in [0.2, 0.25) is 0 Å². The number of ketones is 1. The Kier molecular flexibility index (Phi) is 5.65. The number of anilines is 1. The summed E-state index contributed by atoms with van der Waals surface area (Å²) in [5.41, 5.74) is 6.19. The van der Waals surface area contributed by atoms with E-state index in [9.17, 15) is 4.79 Å². The minimum Gasteiger partial charge on any atom is -0.354 e. The number of piperazine rings is 1. The molecule has 0 aliphatic carbocycles. The monoisotopic (exact) mass is 477 g/mol. The van der Waals surface area contributed by atoms with Gasteiger partial charge < -0.3 is 14.8 Å². The Morgan fingerprint density at radius 3 is 2.61 bits per heavy atom. The highest BCUT2D eigenvalue weighted by atomic mass is 16.1. The fourth-order valence-electron chi connectivity index (χ4n) is 4.69. The molecule has 0 spiro atoms. The number of rotatable bonds is 5. The van der Waals surface area contributed by atoms with E-state index in [2.05, 4.69) is 60.8 Å². The third-order valence-electron chi connectivity index (χ3n) is 6.93. The number of carbonyl (C=O) groups excluding carboxylic acids is 1. The van der Waals surface area contributed by atoms with Crippen molar-refractivity contribution in [1.82, 2.24) is 29.8 Å². The number of carbonyl (C=O) groups is 1. The number of aromatic amines is 1. The molecular formula is C28H27N7O. The van der Waals surface area contributed by atoms with Gasteiger partial charge in [-0.3, -0.25) is 14.8 Å². The number of aromatic nitrogens is 5. The summed E-state index contributed by atoms with van der Waals surface area (Å²) in [7, 11) is 2.12. The molecule has 5 aromatic heterocycles. The van der Waals surface area contributed by atoms with Crippen LogP contribution in [0.3, 0.4) is 0 Å². The van der Waals surface area contributed by atoms with Crippen molar-refractivity contribution < 1.29 is 4.79 Å². The Morgan fingerprint density at radius 2 is 1.75 bits per heavy atom. The Balaban J connectivity index is 1.24. The minimum atomic E-state index is 0.0290. The molecule has 1 saturated heterocycles. The highest BCUT2D eigenvalue weighted by Gasteiger charge is 2.17. The van der Waals surface area contributed by atoms with Crippen LogP contribution in [0.15, 0.2) is 61.3 Å². The van der Waals surface area contributed by atoms with Gasteiger partial charge in [0.2, 0.25) is 0 Å². The molecule has 1 aliphatic rings. The molecule has 0 atom stereocenters. The Labute approximate surface area is 209 Å². The van der Waals surface area contributed by atoms with E-state index in [-0.39, 0.29) is 12.2 Å². The molecule has 1 fully saturated rings. The lowest BCUT2D eigenvalue weighted by Crippen LogP contribution is -2.44. The van der Waals surface area contributed by atoms with Crippen LogP contribution in [0.25, 0.3) is 33.1 Å². The molecule has 0 amide bonds. The Bertz CT molecular complexity index is 1580. The van der Waals surface area contributed by atoms with Gasteiger partial charge >= 0.3 is 0 Å². The van der Waals surface area contributed by atoms with Crippen molar-refractivity contribution in [1.29, 1.82) is 0 Å². The zero-order chi connectivity index (χ0) is 24.6. The first-order valence-electron chi connectivity index (χ1n) is 12.1. The van der Waals surface area contributed by atoms with Crippen LogP contribution in [0, 0.1) is 6.92 Å². The van der Waals surface area contributed by atoms with Crippen molar-refractivity contribution in [3.63, 3.8) is 0 Å². The van der Waals surface area contributed by atoms with Crippen molar-refractivity contribution in [3.05, 3.63) is 78.1 Å². The summed E-state index contributed by atoms with van der Waals surface area (Å²) >= 11 is 0. The first-order valence-corrected chi connectivity index (χ1v) is 12.1. The van der Waals surface area contributed by atoms with E-state index in [1.807, 2.05) is 30.7 Å². The lowest BCUT2D eigenvalue weighted by Gasteiger charge is -2.33. The Morgan fingerprint density at radius 1 is 0.944 bits per heavy atom. The van der Waals surface area contributed by atoms with Gasteiger partial charge in [-0.2, -0.15) is 0 Å². The highest BCUT2D eigenvalue weighted by Crippen LogP contribution is 2.26. The molecule has 180 valence electrons. The normalized spacial score (nSPS) is 14.6. The van der Waals surface area contributed by atoms with E-state index in [4.69, 9.17) is 0 Å². The van der Waals surface area contributed by atoms with E-state index in [1.54, 1.807) is 18.5 Å². The number of pyridine rings is 4. The average Bonchev–Trinajstić information content (AvgIpc) is 3.28. The van der Waals surface area contributed by atoms with Gasteiger partial charge in [-0.05, 0) is 49.9 Å². The lowest BCUT2D eigenvalue weighted by atomic mass is 10.0. The molecule has 8 nitrogen and oxygen atoms in total. The van der Waals surface area contributed by atoms with Gasteiger partial charge in [0.05, 0.1) is 18.1 Å². The molecule has 6 heterocycles. The molecule has 5 aromatic rings. The van der Waals surface area contributed by atoms with Gasteiger partial charge in [0.15, 0.2) is 5.78 Å². The number of hydrogen-bond donors (Lipinski definition) is 1. The van der Waals surface area contributed by atoms with Crippen LogP contribution >= 0.6 is 0 Å². The third kappa shape index (κ3) is 4.31. The van der Waals surface area contributed by atoms with Crippen LogP contribution in [-0.2, 0) is 6.42 Å². The number of nitrogens with zero attached hydrogens (tertiary/aromatic N) is 6. The van der Waals surface area contributed by atoms with Crippen molar-refractivity contribution in [3.8, 4) is 11.1 Å². The van der Waals surface area contributed by atoms with Crippen LogP contribution in [-0.4, -0.2) is 68.8 Å². The molecule has 1 N–H and O–H groups in total. The fourth-order valence-corrected chi connectivity index (χ4v) is 4.69. The zero-order valence-corrected chi connectivity index (χ0v) is 20.4. The highest BCUT2D eigenvalue weighted by molar-refractivity contribution is 5.98. The summed E-state index contributed by atoms with van der Waals surface area (Å²) in [6.07, 6.45) is 9.35. The molecular weight excluding hydrogens is 450 g/mol. The summed E-state index contributed by atoms with van der Waals surface area (Å²) in [5, 5.41) is 2.05. The molecule has 1 aliphatic heterocycles. The number of likely N-dealkylation sites (N-methyl/N-ethyl adjacent to an activating group) is 1. The number of fused-ring (bicyclic) bond motifs is 2. The van der Waals surface area contributed by atoms with Crippen molar-refractivity contribution in [2.75, 3.05) is 38.1 Å². The second-order valence-corrected chi connectivity index (χ2v) is 9.48. The van der Waals surface area contributed by atoms with Crippen molar-refractivity contribution >= 4 is 33.5 Å². The summed E-state index contributed by atoms with van der Waals surface area (Å²) in [6, 6.07) is 9.86. The van der Waals surface area contributed by atoms with Gasteiger partial charge in [0.25, 0.3) is 0 Å². The van der Waals surface area contributed by atoms with Gasteiger partial charge in [-0.15, -0.1) is 0 Å². The molecule has 8 heteroatoms. The maximum Gasteiger partial charge on any atom is 0.169 e. The predicted octanol–water partition coefficient (Wildman–Crippen LogP) is 4.05. The lowest BCUT2D eigenvalue weighted by molar-refractivity contribution is 0.0992. The van der Waals surface area contributed by atoms with E-state index in [0.29, 0.717) is 5.56 Å². The van der Waals surface area contributed by atoms with Gasteiger partial charge in [-0.25, -0.2) is 9.97 Å². The molecule has 36 heavy (non-hydrogen) atoms. The topological polar surface area (TPSA) is 90.9 Å². The van der Waals surface area contributed by atoms with E-state index in [0.717, 1.165) is 76.3 Å². The summed E-state index contributed by atoms with van der Waals surface area (Å²) in [4.78, 5) is 39.0. The van der Waals surface area contributed by atoms with Crippen LogP contribution in [0.1, 0.15) is 21.6 Å². The molecule has 0 unspecified atom stereocenters. The first-order chi connectivity index (χ1) is 17.5. The van der Waals surface area contributed by atoms with Crippen molar-refractivity contribution in [2.24, 2.45) is 0 Å². The maximum absolute atomic E-state index is 13.1.